The molecule has 2 N–H and O–H groups in total. The maximum atomic E-state index is 12.2. The molecule has 1 saturated carbocycles. The molecule has 5 heteroatoms. The Balaban J connectivity index is 1.57. The van der Waals surface area contributed by atoms with Gasteiger partial charge in [0.05, 0.1) is 0 Å². The lowest BCUT2D eigenvalue weighted by Crippen LogP contribution is -2.21. The Bertz CT molecular complexity index is 795. The van der Waals surface area contributed by atoms with Crippen molar-refractivity contribution in [1.29, 1.82) is 0 Å². The highest BCUT2D eigenvalue weighted by Crippen LogP contribution is 2.31. The summed E-state index contributed by atoms with van der Waals surface area (Å²) in [5.41, 5.74) is 3.47. The van der Waals surface area contributed by atoms with Crippen molar-refractivity contribution in [3.63, 3.8) is 0 Å². The molecule has 0 atom stereocenters. The Morgan fingerprint density at radius 3 is 2.31 bits per heavy atom. The van der Waals surface area contributed by atoms with Gasteiger partial charge in [-0.25, -0.2) is 0 Å². The first kappa shape index (κ1) is 18.0. The molecule has 0 saturated heterocycles. The SMILES string of the molecule is CCc1ccc(OCC(=O)Nc2cccc(NC(=O)C3CC3)c2C)cc1. The number of ether oxygens (including phenoxy) is 1. The minimum atomic E-state index is -0.238. The second-order valence-electron chi connectivity index (χ2n) is 6.58. The van der Waals surface area contributed by atoms with E-state index in [4.69, 9.17) is 4.74 Å². The lowest BCUT2D eigenvalue weighted by atomic mass is 10.1. The van der Waals surface area contributed by atoms with E-state index < -0.39 is 0 Å². The van der Waals surface area contributed by atoms with Crippen molar-refractivity contribution in [1.82, 2.24) is 0 Å². The third-order valence-electron chi connectivity index (χ3n) is 4.52. The topological polar surface area (TPSA) is 67.4 Å². The van der Waals surface area contributed by atoms with Crippen LogP contribution in [-0.2, 0) is 16.0 Å². The number of hydrogen-bond acceptors (Lipinski definition) is 3. The average Bonchev–Trinajstić information content (AvgIpc) is 3.49. The van der Waals surface area contributed by atoms with Crippen LogP contribution in [0.4, 0.5) is 11.4 Å². The van der Waals surface area contributed by atoms with Crippen molar-refractivity contribution in [2.24, 2.45) is 5.92 Å². The molecule has 2 aromatic carbocycles. The van der Waals surface area contributed by atoms with Crippen molar-refractivity contribution in [2.45, 2.75) is 33.1 Å². The Kier molecular flexibility index (Phi) is 5.56. The quantitative estimate of drug-likeness (QED) is 0.793. The molecular formula is C21H24N2O3. The van der Waals surface area contributed by atoms with E-state index in [0.29, 0.717) is 11.4 Å². The largest absolute Gasteiger partial charge is 0.484 e. The van der Waals surface area contributed by atoms with Crippen molar-refractivity contribution in [2.75, 3.05) is 17.2 Å². The lowest BCUT2D eigenvalue weighted by molar-refractivity contribution is -0.118. The highest BCUT2D eigenvalue weighted by atomic mass is 16.5. The number of benzene rings is 2. The number of aryl methyl sites for hydroxylation is 1. The molecule has 5 nitrogen and oxygen atoms in total. The maximum Gasteiger partial charge on any atom is 0.262 e. The Morgan fingerprint density at radius 2 is 1.69 bits per heavy atom. The van der Waals surface area contributed by atoms with Crippen LogP contribution in [-0.4, -0.2) is 18.4 Å². The van der Waals surface area contributed by atoms with Crippen molar-refractivity contribution in [3.05, 3.63) is 53.6 Å². The summed E-state index contributed by atoms with van der Waals surface area (Å²) in [6.07, 6.45) is 2.88. The fourth-order valence-corrected chi connectivity index (χ4v) is 2.64. The van der Waals surface area contributed by atoms with Gasteiger partial charge in [-0.15, -0.1) is 0 Å². The smallest absolute Gasteiger partial charge is 0.262 e. The summed E-state index contributed by atoms with van der Waals surface area (Å²) in [6, 6.07) is 13.2. The standard InChI is InChI=1S/C21H24N2O3/c1-3-15-7-11-17(12-8-15)26-13-20(24)22-18-5-4-6-19(14(18)2)23-21(25)16-9-10-16/h4-8,11-12,16H,3,9-10,13H2,1-2H3,(H,22,24)(H,23,25). The Morgan fingerprint density at radius 1 is 1.04 bits per heavy atom. The van der Waals surface area contributed by atoms with Gasteiger partial charge in [-0.3, -0.25) is 9.59 Å². The third kappa shape index (κ3) is 4.63. The molecule has 1 fully saturated rings. The van der Waals surface area contributed by atoms with Gasteiger partial charge in [-0.05, 0) is 61.6 Å². The molecule has 0 bridgehead atoms. The predicted octanol–water partition coefficient (Wildman–Crippen LogP) is 3.92. The monoisotopic (exact) mass is 352 g/mol. The molecule has 26 heavy (non-hydrogen) atoms. The van der Waals surface area contributed by atoms with Crippen molar-refractivity contribution < 1.29 is 14.3 Å². The summed E-state index contributed by atoms with van der Waals surface area (Å²) in [5.74, 6) is 0.619. The van der Waals surface area contributed by atoms with Gasteiger partial charge in [0.1, 0.15) is 5.75 Å². The van der Waals surface area contributed by atoms with Gasteiger partial charge in [0.25, 0.3) is 5.91 Å². The molecule has 136 valence electrons. The van der Waals surface area contributed by atoms with Crippen LogP contribution in [0, 0.1) is 12.8 Å². The van der Waals surface area contributed by atoms with E-state index >= 15 is 0 Å². The second kappa shape index (κ2) is 8.04. The first-order valence-electron chi connectivity index (χ1n) is 8.99. The molecule has 2 amide bonds. The van der Waals surface area contributed by atoms with Gasteiger partial charge in [-0.2, -0.15) is 0 Å². The first-order valence-corrected chi connectivity index (χ1v) is 8.99. The van der Waals surface area contributed by atoms with Gasteiger partial charge < -0.3 is 15.4 Å². The zero-order valence-electron chi connectivity index (χ0n) is 15.2. The summed E-state index contributed by atoms with van der Waals surface area (Å²) >= 11 is 0. The number of carbonyl (C=O) groups is 2. The summed E-state index contributed by atoms with van der Waals surface area (Å²) in [6.45, 7) is 3.90. The predicted molar refractivity (Wildman–Crippen MR) is 102 cm³/mol. The van der Waals surface area contributed by atoms with Gasteiger partial charge in [0, 0.05) is 17.3 Å². The van der Waals surface area contributed by atoms with Crippen molar-refractivity contribution >= 4 is 23.2 Å². The summed E-state index contributed by atoms with van der Waals surface area (Å²) in [7, 11) is 0. The summed E-state index contributed by atoms with van der Waals surface area (Å²) in [4.78, 5) is 24.1. The number of amides is 2. The normalized spacial score (nSPS) is 13.2. The highest BCUT2D eigenvalue weighted by molar-refractivity contribution is 5.97. The summed E-state index contributed by atoms with van der Waals surface area (Å²) in [5, 5.41) is 5.78. The molecular weight excluding hydrogens is 328 g/mol. The molecule has 0 radical (unpaired) electrons. The number of nitrogens with one attached hydrogen (secondary N) is 2. The van der Waals surface area contributed by atoms with E-state index in [2.05, 4.69) is 17.6 Å². The zero-order chi connectivity index (χ0) is 18.5. The lowest BCUT2D eigenvalue weighted by Gasteiger charge is -2.14. The third-order valence-corrected chi connectivity index (χ3v) is 4.52. The molecule has 2 aromatic rings. The average molecular weight is 352 g/mol. The van der Waals surface area contributed by atoms with Crippen LogP contribution in [0.1, 0.15) is 30.9 Å². The fourth-order valence-electron chi connectivity index (χ4n) is 2.64. The Hall–Kier alpha value is -2.82. The van der Waals surface area contributed by atoms with Gasteiger partial charge in [0.2, 0.25) is 5.91 Å². The zero-order valence-corrected chi connectivity index (χ0v) is 15.2. The van der Waals surface area contributed by atoms with Gasteiger partial charge in [-0.1, -0.05) is 25.1 Å². The van der Waals surface area contributed by atoms with Crippen LogP contribution in [0.25, 0.3) is 0 Å². The molecule has 3 rings (SSSR count). The van der Waals surface area contributed by atoms with Crippen LogP contribution in [0.2, 0.25) is 0 Å². The van der Waals surface area contributed by atoms with Gasteiger partial charge in [0.15, 0.2) is 6.61 Å². The molecule has 1 aliphatic carbocycles. The minimum absolute atomic E-state index is 0.0513. The highest BCUT2D eigenvalue weighted by Gasteiger charge is 2.29. The molecule has 0 unspecified atom stereocenters. The molecule has 0 aliphatic heterocycles. The van der Waals surface area contributed by atoms with Crippen LogP contribution in [0.3, 0.4) is 0 Å². The van der Waals surface area contributed by atoms with Crippen LogP contribution < -0.4 is 15.4 Å². The summed E-state index contributed by atoms with van der Waals surface area (Å²) < 4.78 is 5.53. The second-order valence-corrected chi connectivity index (χ2v) is 6.58. The number of anilines is 2. The number of rotatable bonds is 7. The molecule has 0 aromatic heterocycles. The van der Waals surface area contributed by atoms with E-state index in [0.717, 1.165) is 30.5 Å². The van der Waals surface area contributed by atoms with Crippen molar-refractivity contribution in [3.8, 4) is 5.75 Å². The minimum Gasteiger partial charge on any atom is -0.484 e. The first-order chi connectivity index (χ1) is 12.6. The Labute approximate surface area is 153 Å². The van der Waals surface area contributed by atoms with E-state index in [1.807, 2.05) is 49.4 Å². The van der Waals surface area contributed by atoms with E-state index in [9.17, 15) is 9.59 Å². The molecule has 0 spiro atoms. The number of hydrogen-bond donors (Lipinski definition) is 2. The molecule has 0 heterocycles. The van der Waals surface area contributed by atoms with Crippen LogP contribution in [0.15, 0.2) is 42.5 Å². The van der Waals surface area contributed by atoms with E-state index in [-0.39, 0.29) is 24.3 Å². The van der Waals surface area contributed by atoms with E-state index in [1.54, 1.807) is 0 Å². The molecule has 1 aliphatic rings. The van der Waals surface area contributed by atoms with E-state index in [1.165, 1.54) is 5.56 Å². The fraction of sp³-hybridized carbons (Fsp3) is 0.333. The maximum absolute atomic E-state index is 12.2. The number of carbonyl (C=O) groups excluding carboxylic acids is 2. The van der Waals surface area contributed by atoms with Crippen LogP contribution >= 0.6 is 0 Å². The van der Waals surface area contributed by atoms with Crippen LogP contribution in [0.5, 0.6) is 5.75 Å². The van der Waals surface area contributed by atoms with Gasteiger partial charge >= 0.3 is 0 Å².